The topological polar surface area (TPSA) is 50.8 Å². The molecular formula is C22H26N2O3. The van der Waals surface area contributed by atoms with Crippen LogP contribution in [0.4, 0.5) is 11.4 Å². The van der Waals surface area contributed by atoms with Crippen molar-refractivity contribution in [3.8, 4) is 11.5 Å². The Morgan fingerprint density at radius 3 is 2.63 bits per heavy atom. The van der Waals surface area contributed by atoms with Crippen molar-refractivity contribution in [2.24, 2.45) is 0 Å². The van der Waals surface area contributed by atoms with Crippen molar-refractivity contribution >= 4 is 17.3 Å². The van der Waals surface area contributed by atoms with Crippen LogP contribution in [0.2, 0.25) is 0 Å². The third-order valence-corrected chi connectivity index (χ3v) is 5.04. The van der Waals surface area contributed by atoms with Crippen LogP contribution in [0.25, 0.3) is 0 Å². The normalized spacial score (nSPS) is 17.3. The van der Waals surface area contributed by atoms with Crippen LogP contribution in [-0.2, 0) is 11.2 Å². The maximum Gasteiger partial charge on any atom is 0.262 e. The number of amides is 1. The average molecular weight is 366 g/mol. The van der Waals surface area contributed by atoms with E-state index in [0.717, 1.165) is 36.5 Å². The maximum atomic E-state index is 12.3. The smallest absolute Gasteiger partial charge is 0.262 e. The number of para-hydroxylation sites is 1. The van der Waals surface area contributed by atoms with Gasteiger partial charge in [-0.15, -0.1) is 0 Å². The molecule has 0 spiro atoms. The SMILES string of the molecule is CC1(C)Cc2cccc(OCC(=O)Nc3ccc(N4CCCC4)cc3)c2O1. The first-order valence-corrected chi connectivity index (χ1v) is 9.59. The van der Waals surface area contributed by atoms with Gasteiger partial charge in [-0.05, 0) is 57.0 Å². The zero-order valence-electron chi connectivity index (χ0n) is 16.0. The molecule has 0 atom stereocenters. The van der Waals surface area contributed by atoms with E-state index in [1.165, 1.54) is 18.5 Å². The fourth-order valence-corrected chi connectivity index (χ4v) is 3.77. The van der Waals surface area contributed by atoms with Crippen LogP contribution in [-0.4, -0.2) is 31.2 Å². The molecule has 0 saturated carbocycles. The van der Waals surface area contributed by atoms with Gasteiger partial charge in [0.1, 0.15) is 5.60 Å². The van der Waals surface area contributed by atoms with Gasteiger partial charge in [0, 0.05) is 36.4 Å². The van der Waals surface area contributed by atoms with Gasteiger partial charge in [-0.1, -0.05) is 12.1 Å². The lowest BCUT2D eigenvalue weighted by atomic mass is 10.0. The number of nitrogens with one attached hydrogen (secondary N) is 1. The van der Waals surface area contributed by atoms with Gasteiger partial charge >= 0.3 is 0 Å². The number of ether oxygens (including phenoxy) is 2. The molecule has 0 unspecified atom stereocenters. The molecule has 1 N–H and O–H groups in total. The van der Waals surface area contributed by atoms with E-state index >= 15 is 0 Å². The van der Waals surface area contributed by atoms with Crippen molar-refractivity contribution in [2.75, 3.05) is 29.9 Å². The molecule has 0 radical (unpaired) electrons. The van der Waals surface area contributed by atoms with Crippen molar-refractivity contribution in [2.45, 2.75) is 38.7 Å². The molecule has 5 heteroatoms. The number of hydrogen-bond donors (Lipinski definition) is 1. The quantitative estimate of drug-likeness (QED) is 0.868. The molecule has 2 aliphatic rings. The summed E-state index contributed by atoms with van der Waals surface area (Å²) in [6.07, 6.45) is 3.34. The molecule has 4 rings (SSSR count). The second-order valence-electron chi connectivity index (χ2n) is 7.86. The van der Waals surface area contributed by atoms with Gasteiger partial charge in [0.05, 0.1) is 0 Å². The Balaban J connectivity index is 1.34. The number of carbonyl (C=O) groups is 1. The molecule has 2 aromatic carbocycles. The lowest BCUT2D eigenvalue weighted by molar-refractivity contribution is -0.118. The molecule has 2 aliphatic heterocycles. The molecule has 27 heavy (non-hydrogen) atoms. The van der Waals surface area contributed by atoms with E-state index in [1.807, 2.05) is 30.3 Å². The zero-order chi connectivity index (χ0) is 18.9. The summed E-state index contributed by atoms with van der Waals surface area (Å²) in [6, 6.07) is 13.8. The third kappa shape index (κ3) is 4.02. The highest BCUT2D eigenvalue weighted by atomic mass is 16.5. The van der Waals surface area contributed by atoms with Gasteiger partial charge in [-0.2, -0.15) is 0 Å². The summed E-state index contributed by atoms with van der Waals surface area (Å²) in [5.74, 6) is 1.20. The highest BCUT2D eigenvalue weighted by molar-refractivity contribution is 5.92. The average Bonchev–Trinajstić information content (AvgIpc) is 3.27. The largest absolute Gasteiger partial charge is 0.483 e. The number of fused-ring (bicyclic) bond motifs is 1. The van der Waals surface area contributed by atoms with E-state index in [4.69, 9.17) is 9.47 Å². The fraction of sp³-hybridized carbons (Fsp3) is 0.409. The Hall–Kier alpha value is -2.69. The zero-order valence-corrected chi connectivity index (χ0v) is 16.0. The molecule has 1 amide bonds. The van der Waals surface area contributed by atoms with Crippen LogP contribution in [0.15, 0.2) is 42.5 Å². The second-order valence-corrected chi connectivity index (χ2v) is 7.86. The molecular weight excluding hydrogens is 340 g/mol. The second kappa shape index (κ2) is 7.14. The van der Waals surface area contributed by atoms with E-state index in [2.05, 4.69) is 36.2 Å². The molecule has 1 saturated heterocycles. The Kier molecular flexibility index (Phi) is 4.68. The Bertz CT molecular complexity index is 824. The lowest BCUT2D eigenvalue weighted by Crippen LogP contribution is -2.25. The molecule has 2 heterocycles. The summed E-state index contributed by atoms with van der Waals surface area (Å²) in [7, 11) is 0. The summed E-state index contributed by atoms with van der Waals surface area (Å²) < 4.78 is 11.7. The first kappa shape index (κ1) is 17.7. The summed E-state index contributed by atoms with van der Waals surface area (Å²) in [6.45, 7) is 6.28. The van der Waals surface area contributed by atoms with Crippen molar-refractivity contribution in [3.05, 3.63) is 48.0 Å². The molecule has 5 nitrogen and oxygen atoms in total. The monoisotopic (exact) mass is 366 g/mol. The van der Waals surface area contributed by atoms with E-state index in [0.29, 0.717) is 5.75 Å². The third-order valence-electron chi connectivity index (χ3n) is 5.04. The van der Waals surface area contributed by atoms with Crippen LogP contribution < -0.4 is 19.7 Å². The minimum Gasteiger partial charge on any atom is -0.483 e. The van der Waals surface area contributed by atoms with Crippen LogP contribution in [0.1, 0.15) is 32.3 Å². The van der Waals surface area contributed by atoms with Crippen molar-refractivity contribution in [1.82, 2.24) is 0 Å². The van der Waals surface area contributed by atoms with Crippen molar-refractivity contribution < 1.29 is 14.3 Å². The van der Waals surface area contributed by atoms with E-state index in [-0.39, 0.29) is 18.1 Å². The van der Waals surface area contributed by atoms with Crippen LogP contribution in [0.3, 0.4) is 0 Å². The Morgan fingerprint density at radius 1 is 1.15 bits per heavy atom. The number of rotatable bonds is 5. The minimum absolute atomic E-state index is 0.0475. The molecule has 0 aliphatic carbocycles. The molecule has 2 aromatic rings. The fourth-order valence-electron chi connectivity index (χ4n) is 3.77. The van der Waals surface area contributed by atoms with Gasteiger partial charge in [0.2, 0.25) is 0 Å². The molecule has 142 valence electrons. The first-order chi connectivity index (χ1) is 13.0. The number of benzene rings is 2. The van der Waals surface area contributed by atoms with Gasteiger partial charge in [-0.3, -0.25) is 4.79 Å². The summed E-state index contributed by atoms with van der Waals surface area (Å²) in [5.41, 5.74) is 2.88. The number of hydrogen-bond acceptors (Lipinski definition) is 4. The minimum atomic E-state index is -0.235. The van der Waals surface area contributed by atoms with Crippen LogP contribution in [0.5, 0.6) is 11.5 Å². The van der Waals surface area contributed by atoms with Gasteiger partial charge in [-0.25, -0.2) is 0 Å². The highest BCUT2D eigenvalue weighted by Gasteiger charge is 2.32. The molecule has 1 fully saturated rings. The van der Waals surface area contributed by atoms with Gasteiger partial charge in [0.25, 0.3) is 5.91 Å². The van der Waals surface area contributed by atoms with Crippen molar-refractivity contribution in [1.29, 1.82) is 0 Å². The molecule has 0 bridgehead atoms. The van der Waals surface area contributed by atoms with E-state index < -0.39 is 0 Å². The van der Waals surface area contributed by atoms with E-state index in [1.54, 1.807) is 0 Å². The molecule has 0 aromatic heterocycles. The number of nitrogens with zero attached hydrogens (tertiary/aromatic N) is 1. The van der Waals surface area contributed by atoms with Crippen LogP contribution >= 0.6 is 0 Å². The van der Waals surface area contributed by atoms with E-state index in [9.17, 15) is 4.79 Å². The predicted octanol–water partition coefficient (Wildman–Crippen LogP) is 4.02. The Labute approximate surface area is 160 Å². The van der Waals surface area contributed by atoms with Crippen LogP contribution in [0, 0.1) is 0 Å². The summed E-state index contributed by atoms with van der Waals surface area (Å²) in [4.78, 5) is 14.6. The van der Waals surface area contributed by atoms with Gasteiger partial charge < -0.3 is 19.7 Å². The maximum absolute atomic E-state index is 12.3. The predicted molar refractivity (Wildman–Crippen MR) is 107 cm³/mol. The van der Waals surface area contributed by atoms with Gasteiger partial charge in [0.15, 0.2) is 18.1 Å². The number of anilines is 2. The number of carbonyl (C=O) groups excluding carboxylic acids is 1. The Morgan fingerprint density at radius 2 is 1.89 bits per heavy atom. The summed E-state index contributed by atoms with van der Waals surface area (Å²) in [5, 5.41) is 2.89. The summed E-state index contributed by atoms with van der Waals surface area (Å²) >= 11 is 0. The standard InChI is InChI=1S/C22H26N2O3/c1-22(2)14-16-6-5-7-19(21(16)27-22)26-15-20(25)23-17-8-10-18(11-9-17)24-12-3-4-13-24/h5-11H,3-4,12-15H2,1-2H3,(H,23,25). The highest BCUT2D eigenvalue weighted by Crippen LogP contribution is 2.41. The van der Waals surface area contributed by atoms with Crippen molar-refractivity contribution in [3.63, 3.8) is 0 Å². The first-order valence-electron chi connectivity index (χ1n) is 9.59. The lowest BCUT2D eigenvalue weighted by Gasteiger charge is -2.18.